The number of hydrogen-bond donors (Lipinski definition) is 3. The van der Waals surface area contributed by atoms with Crippen LogP contribution in [0.5, 0.6) is 0 Å². The van der Waals surface area contributed by atoms with Crippen LogP contribution >= 0.6 is 0 Å². The smallest absolute Gasteiger partial charge is 0.247 e. The monoisotopic (exact) mass is 300 g/mol. The molecule has 2 rings (SSSR count). The van der Waals surface area contributed by atoms with E-state index in [0.717, 1.165) is 24.0 Å². The summed E-state index contributed by atoms with van der Waals surface area (Å²) in [4.78, 5) is 15.2. The Kier molecular flexibility index (Phi) is 6.06. The van der Waals surface area contributed by atoms with Crippen molar-refractivity contribution in [2.24, 2.45) is 0 Å². The van der Waals surface area contributed by atoms with Crippen LogP contribution in [0.4, 0.5) is 0 Å². The number of aliphatic hydroxyl groups excluding tert-OH is 1. The van der Waals surface area contributed by atoms with Gasteiger partial charge in [-0.2, -0.15) is 0 Å². The van der Waals surface area contributed by atoms with E-state index in [1.807, 2.05) is 42.5 Å². The van der Waals surface area contributed by atoms with E-state index < -0.39 is 12.0 Å². The van der Waals surface area contributed by atoms with Crippen LogP contribution in [-0.2, 0) is 17.6 Å². The van der Waals surface area contributed by atoms with E-state index in [1.54, 1.807) is 11.7 Å². The molecule has 1 aromatic heterocycles. The summed E-state index contributed by atoms with van der Waals surface area (Å²) in [7, 11) is 0. The van der Waals surface area contributed by atoms with Gasteiger partial charge in [-0.3, -0.25) is 15.0 Å². The number of rotatable bonds is 7. The van der Waals surface area contributed by atoms with Gasteiger partial charge in [0.2, 0.25) is 5.91 Å². The van der Waals surface area contributed by atoms with Gasteiger partial charge in [0.05, 0.1) is 18.2 Å². The van der Waals surface area contributed by atoms with E-state index in [4.69, 9.17) is 5.21 Å². The Morgan fingerprint density at radius 2 is 1.86 bits per heavy atom. The lowest BCUT2D eigenvalue weighted by Crippen LogP contribution is -2.20. The summed E-state index contributed by atoms with van der Waals surface area (Å²) >= 11 is 0. The van der Waals surface area contributed by atoms with Gasteiger partial charge in [-0.05, 0) is 42.5 Å². The van der Waals surface area contributed by atoms with Crippen LogP contribution < -0.4 is 5.48 Å². The second-order valence-corrected chi connectivity index (χ2v) is 5.19. The zero-order valence-electron chi connectivity index (χ0n) is 12.3. The Bertz CT molecular complexity index is 585. The summed E-state index contributed by atoms with van der Waals surface area (Å²) in [5, 5.41) is 18.5. The summed E-state index contributed by atoms with van der Waals surface area (Å²) in [6.07, 6.45) is 3.68. The van der Waals surface area contributed by atoms with Crippen LogP contribution in [0, 0.1) is 0 Å². The Labute approximate surface area is 129 Å². The number of aromatic nitrogens is 1. The molecule has 0 bridgehead atoms. The fourth-order valence-electron chi connectivity index (χ4n) is 2.27. The fraction of sp³-hybridized carbons (Fsp3) is 0.294. The normalized spacial score (nSPS) is 11.9. The number of aliphatic hydroxyl groups is 1. The first kappa shape index (κ1) is 16.1. The maximum atomic E-state index is 11.1. The summed E-state index contributed by atoms with van der Waals surface area (Å²) in [6.45, 7) is 0. The standard InChI is InChI=1S/C17H20N2O3/c20-16(15-5-1-2-11-18-15)6-3-4-13-7-9-14(10-8-13)12-17(21)19-22/h1-2,5,7-11,16,20,22H,3-4,6,12H2,(H,19,21). The molecule has 0 aliphatic rings. The van der Waals surface area contributed by atoms with Gasteiger partial charge in [-0.25, -0.2) is 5.48 Å². The largest absolute Gasteiger partial charge is 0.387 e. The third kappa shape index (κ3) is 4.95. The number of benzene rings is 1. The first-order chi connectivity index (χ1) is 10.7. The van der Waals surface area contributed by atoms with Gasteiger partial charge in [0.15, 0.2) is 0 Å². The number of pyridine rings is 1. The molecule has 0 saturated heterocycles. The Morgan fingerprint density at radius 1 is 1.14 bits per heavy atom. The van der Waals surface area contributed by atoms with Gasteiger partial charge in [0.1, 0.15) is 0 Å². The van der Waals surface area contributed by atoms with Crippen molar-refractivity contribution in [2.75, 3.05) is 0 Å². The molecule has 1 amide bonds. The van der Waals surface area contributed by atoms with Crippen LogP contribution in [0.25, 0.3) is 0 Å². The van der Waals surface area contributed by atoms with Crippen LogP contribution in [0.1, 0.15) is 35.8 Å². The van der Waals surface area contributed by atoms with Crippen LogP contribution in [-0.4, -0.2) is 21.2 Å². The summed E-state index contributed by atoms with van der Waals surface area (Å²) in [5.41, 5.74) is 4.32. The molecular weight excluding hydrogens is 280 g/mol. The van der Waals surface area contributed by atoms with Gasteiger partial charge in [0.25, 0.3) is 0 Å². The van der Waals surface area contributed by atoms with Crippen molar-refractivity contribution in [3.05, 3.63) is 65.5 Å². The van der Waals surface area contributed by atoms with Crippen molar-refractivity contribution in [3.8, 4) is 0 Å². The van der Waals surface area contributed by atoms with Gasteiger partial charge in [0, 0.05) is 6.20 Å². The topological polar surface area (TPSA) is 82.5 Å². The maximum absolute atomic E-state index is 11.1. The SMILES string of the molecule is O=C(Cc1ccc(CCCC(O)c2ccccn2)cc1)NO. The molecule has 0 fully saturated rings. The number of hydrogen-bond acceptors (Lipinski definition) is 4. The first-order valence-corrected chi connectivity index (χ1v) is 7.29. The molecule has 0 saturated carbocycles. The van der Waals surface area contributed by atoms with E-state index in [9.17, 15) is 9.90 Å². The molecule has 116 valence electrons. The molecule has 1 atom stereocenters. The lowest BCUT2D eigenvalue weighted by molar-refractivity contribution is -0.128. The number of nitrogens with zero attached hydrogens (tertiary/aromatic N) is 1. The number of carbonyl (C=O) groups excluding carboxylic acids is 1. The molecule has 1 unspecified atom stereocenters. The Balaban J connectivity index is 1.78. The third-order valence-corrected chi connectivity index (χ3v) is 3.48. The molecular formula is C17H20N2O3. The summed E-state index contributed by atoms with van der Waals surface area (Å²) in [5.74, 6) is -0.425. The molecule has 5 nitrogen and oxygen atoms in total. The molecule has 0 radical (unpaired) electrons. The zero-order valence-corrected chi connectivity index (χ0v) is 12.3. The second kappa shape index (κ2) is 8.26. The van der Waals surface area contributed by atoms with Gasteiger partial charge in [-0.1, -0.05) is 30.3 Å². The highest BCUT2D eigenvalue weighted by atomic mass is 16.5. The minimum absolute atomic E-state index is 0.162. The van der Waals surface area contributed by atoms with Crippen molar-refractivity contribution < 1.29 is 15.1 Å². The van der Waals surface area contributed by atoms with Gasteiger partial charge in [-0.15, -0.1) is 0 Å². The Morgan fingerprint density at radius 3 is 2.50 bits per heavy atom. The van der Waals surface area contributed by atoms with Gasteiger partial charge >= 0.3 is 0 Å². The first-order valence-electron chi connectivity index (χ1n) is 7.29. The zero-order chi connectivity index (χ0) is 15.8. The lowest BCUT2D eigenvalue weighted by Gasteiger charge is -2.09. The maximum Gasteiger partial charge on any atom is 0.247 e. The lowest BCUT2D eigenvalue weighted by atomic mass is 10.0. The van der Waals surface area contributed by atoms with Crippen molar-refractivity contribution in [1.82, 2.24) is 10.5 Å². The van der Waals surface area contributed by atoms with Crippen molar-refractivity contribution in [3.63, 3.8) is 0 Å². The molecule has 22 heavy (non-hydrogen) atoms. The van der Waals surface area contributed by atoms with E-state index in [2.05, 4.69) is 4.98 Å². The fourth-order valence-corrected chi connectivity index (χ4v) is 2.27. The van der Waals surface area contributed by atoms with E-state index in [0.29, 0.717) is 12.1 Å². The predicted molar refractivity (Wildman–Crippen MR) is 82.2 cm³/mol. The van der Waals surface area contributed by atoms with E-state index >= 15 is 0 Å². The highest BCUT2D eigenvalue weighted by Crippen LogP contribution is 2.17. The molecule has 0 aliphatic heterocycles. The van der Waals surface area contributed by atoms with Crippen molar-refractivity contribution >= 4 is 5.91 Å². The molecule has 2 aromatic rings. The van der Waals surface area contributed by atoms with Crippen LogP contribution in [0.15, 0.2) is 48.7 Å². The molecule has 3 N–H and O–H groups in total. The van der Waals surface area contributed by atoms with Crippen LogP contribution in [0.3, 0.4) is 0 Å². The van der Waals surface area contributed by atoms with Crippen molar-refractivity contribution in [2.45, 2.75) is 31.8 Å². The number of carbonyl (C=O) groups is 1. The molecule has 1 aromatic carbocycles. The van der Waals surface area contributed by atoms with Gasteiger partial charge < -0.3 is 5.11 Å². The molecule has 1 heterocycles. The summed E-state index contributed by atoms with van der Waals surface area (Å²) in [6, 6.07) is 13.2. The number of hydroxylamine groups is 1. The van der Waals surface area contributed by atoms with Crippen molar-refractivity contribution in [1.29, 1.82) is 0 Å². The minimum atomic E-state index is -0.534. The molecule has 0 spiro atoms. The minimum Gasteiger partial charge on any atom is -0.387 e. The van der Waals surface area contributed by atoms with Crippen LogP contribution in [0.2, 0.25) is 0 Å². The highest BCUT2D eigenvalue weighted by molar-refractivity contribution is 5.77. The number of amides is 1. The molecule has 5 heteroatoms. The average molecular weight is 300 g/mol. The Hall–Kier alpha value is -2.24. The highest BCUT2D eigenvalue weighted by Gasteiger charge is 2.08. The molecule has 0 aliphatic carbocycles. The second-order valence-electron chi connectivity index (χ2n) is 5.19. The quantitative estimate of drug-likeness (QED) is 0.541. The number of nitrogens with one attached hydrogen (secondary N) is 1. The summed E-state index contributed by atoms with van der Waals surface area (Å²) < 4.78 is 0. The third-order valence-electron chi connectivity index (χ3n) is 3.48. The number of aryl methyl sites for hydroxylation is 1. The van der Waals surface area contributed by atoms with E-state index in [1.165, 1.54) is 0 Å². The predicted octanol–water partition coefficient (Wildman–Crippen LogP) is 2.19. The van der Waals surface area contributed by atoms with E-state index in [-0.39, 0.29) is 6.42 Å². The average Bonchev–Trinajstić information content (AvgIpc) is 2.57.